The molecule has 3 aromatic rings. The Morgan fingerprint density at radius 2 is 1.48 bits per heavy atom. The Labute approximate surface area is 174 Å². The van der Waals surface area contributed by atoms with E-state index in [1.165, 1.54) is 5.56 Å². The summed E-state index contributed by atoms with van der Waals surface area (Å²) in [4.78, 5) is 2.30. The van der Waals surface area contributed by atoms with Crippen molar-refractivity contribution in [3.05, 3.63) is 90.0 Å². The third-order valence-corrected chi connectivity index (χ3v) is 4.91. The number of para-hydroxylation sites is 1. The Hall–Kier alpha value is -3.27. The minimum absolute atomic E-state index is 0.696. The Kier molecular flexibility index (Phi) is 7.28. The molecule has 29 heavy (non-hydrogen) atoms. The van der Waals surface area contributed by atoms with Gasteiger partial charge in [-0.15, -0.1) is 0 Å². The summed E-state index contributed by atoms with van der Waals surface area (Å²) in [5, 5.41) is 6.80. The van der Waals surface area contributed by atoms with E-state index in [-0.39, 0.29) is 0 Å². The van der Waals surface area contributed by atoms with Crippen LogP contribution in [-0.4, -0.2) is 26.4 Å². The molecular weight excluding hydrogens is 358 g/mol. The molecule has 0 aliphatic heterocycles. The van der Waals surface area contributed by atoms with Crippen molar-refractivity contribution < 1.29 is 4.74 Å². The highest BCUT2D eigenvalue weighted by atomic mass is 16.5. The largest absolute Gasteiger partial charge is 0.496 e. The number of benzene rings is 3. The molecule has 0 radical (unpaired) electrons. The van der Waals surface area contributed by atoms with Crippen molar-refractivity contribution in [2.24, 2.45) is 5.10 Å². The minimum Gasteiger partial charge on any atom is -0.496 e. The Morgan fingerprint density at radius 3 is 2.10 bits per heavy atom. The van der Waals surface area contributed by atoms with Crippen LogP contribution in [0.2, 0.25) is 0 Å². The summed E-state index contributed by atoms with van der Waals surface area (Å²) in [5.74, 6) is 0.825. The summed E-state index contributed by atoms with van der Waals surface area (Å²) < 4.78 is 5.65. The van der Waals surface area contributed by atoms with Gasteiger partial charge in [-0.1, -0.05) is 48.5 Å². The van der Waals surface area contributed by atoms with Crippen LogP contribution in [0.4, 0.5) is 11.4 Å². The summed E-state index contributed by atoms with van der Waals surface area (Å²) in [6.45, 7) is 6.94. The van der Waals surface area contributed by atoms with Gasteiger partial charge < -0.3 is 9.64 Å². The molecular formula is C25H29N3O. The first-order chi connectivity index (χ1) is 14.2. The lowest BCUT2D eigenvalue weighted by Crippen LogP contribution is -2.21. The number of methoxy groups -OCH3 is 1. The van der Waals surface area contributed by atoms with Gasteiger partial charge in [0.05, 0.1) is 25.6 Å². The van der Waals surface area contributed by atoms with Gasteiger partial charge in [-0.25, -0.2) is 0 Å². The third-order valence-electron chi connectivity index (χ3n) is 4.91. The average Bonchev–Trinajstić information content (AvgIpc) is 2.79. The molecule has 0 unspecified atom stereocenters. The lowest BCUT2D eigenvalue weighted by Gasteiger charge is -2.22. The zero-order valence-corrected chi connectivity index (χ0v) is 17.5. The molecule has 0 aromatic heterocycles. The molecule has 4 heteroatoms. The zero-order chi connectivity index (χ0) is 20.5. The monoisotopic (exact) mass is 387 g/mol. The zero-order valence-electron chi connectivity index (χ0n) is 17.5. The average molecular weight is 388 g/mol. The number of rotatable bonds is 9. The minimum atomic E-state index is 0.696. The van der Waals surface area contributed by atoms with Gasteiger partial charge in [0.25, 0.3) is 0 Å². The van der Waals surface area contributed by atoms with Crippen molar-refractivity contribution in [1.29, 1.82) is 0 Å². The van der Waals surface area contributed by atoms with E-state index in [4.69, 9.17) is 9.84 Å². The van der Waals surface area contributed by atoms with Crippen molar-refractivity contribution in [3.8, 4) is 5.75 Å². The fraction of sp³-hybridized carbons (Fsp3) is 0.240. The molecule has 0 fully saturated rings. The molecule has 0 heterocycles. The van der Waals surface area contributed by atoms with Crippen LogP contribution < -0.4 is 14.6 Å². The van der Waals surface area contributed by atoms with E-state index >= 15 is 0 Å². The number of hydrazone groups is 1. The molecule has 0 saturated heterocycles. The van der Waals surface area contributed by atoms with Gasteiger partial charge in [0.1, 0.15) is 5.75 Å². The maximum atomic E-state index is 5.65. The predicted octanol–water partition coefficient (Wildman–Crippen LogP) is 5.58. The Morgan fingerprint density at radius 1 is 0.828 bits per heavy atom. The van der Waals surface area contributed by atoms with Crippen molar-refractivity contribution in [2.75, 3.05) is 30.1 Å². The molecule has 3 rings (SSSR count). The molecule has 0 atom stereocenters. The van der Waals surface area contributed by atoms with Crippen LogP contribution in [0, 0.1) is 0 Å². The van der Waals surface area contributed by atoms with Gasteiger partial charge in [-0.3, -0.25) is 5.01 Å². The van der Waals surface area contributed by atoms with Crippen molar-refractivity contribution in [3.63, 3.8) is 0 Å². The highest BCUT2D eigenvalue weighted by molar-refractivity contribution is 5.85. The second kappa shape index (κ2) is 10.3. The second-order valence-corrected chi connectivity index (χ2v) is 6.72. The fourth-order valence-corrected chi connectivity index (χ4v) is 3.28. The summed E-state index contributed by atoms with van der Waals surface area (Å²) in [5.41, 5.74) is 4.37. The summed E-state index contributed by atoms with van der Waals surface area (Å²) in [7, 11) is 1.71. The van der Waals surface area contributed by atoms with E-state index in [1.54, 1.807) is 7.11 Å². The predicted molar refractivity (Wildman–Crippen MR) is 123 cm³/mol. The lowest BCUT2D eigenvalue weighted by molar-refractivity contribution is 0.414. The number of nitrogens with zero attached hydrogens (tertiary/aromatic N) is 3. The van der Waals surface area contributed by atoms with Gasteiger partial charge in [-0.05, 0) is 43.7 Å². The first kappa shape index (κ1) is 20.5. The third kappa shape index (κ3) is 5.38. The first-order valence-corrected chi connectivity index (χ1v) is 10.1. The molecule has 0 amide bonds. The Bertz CT molecular complexity index is 906. The SMILES string of the molecule is CCN(CC)c1ccc(/C=N/N(Cc2ccccc2)c2ccccc2)c(OC)c1. The highest BCUT2D eigenvalue weighted by Crippen LogP contribution is 2.25. The van der Waals surface area contributed by atoms with Gasteiger partial charge >= 0.3 is 0 Å². The van der Waals surface area contributed by atoms with E-state index in [1.807, 2.05) is 35.5 Å². The van der Waals surface area contributed by atoms with Crippen LogP contribution in [0.3, 0.4) is 0 Å². The normalized spacial score (nSPS) is 10.9. The first-order valence-electron chi connectivity index (χ1n) is 10.1. The van der Waals surface area contributed by atoms with Crippen molar-refractivity contribution in [1.82, 2.24) is 0 Å². The van der Waals surface area contributed by atoms with E-state index in [9.17, 15) is 0 Å². The molecule has 0 aliphatic rings. The van der Waals surface area contributed by atoms with Crippen LogP contribution in [0.25, 0.3) is 0 Å². The summed E-state index contributed by atoms with van der Waals surface area (Å²) >= 11 is 0. The van der Waals surface area contributed by atoms with Crippen LogP contribution in [0.1, 0.15) is 25.0 Å². The van der Waals surface area contributed by atoms with Crippen LogP contribution >= 0.6 is 0 Å². The van der Waals surface area contributed by atoms with Gasteiger partial charge in [-0.2, -0.15) is 5.10 Å². The van der Waals surface area contributed by atoms with Crippen LogP contribution in [0.15, 0.2) is 84.0 Å². The molecule has 0 aliphatic carbocycles. The van der Waals surface area contributed by atoms with Crippen molar-refractivity contribution >= 4 is 17.6 Å². The van der Waals surface area contributed by atoms with Crippen molar-refractivity contribution in [2.45, 2.75) is 20.4 Å². The molecule has 0 bridgehead atoms. The fourth-order valence-electron chi connectivity index (χ4n) is 3.28. The molecule has 150 valence electrons. The standard InChI is InChI=1S/C25H29N3O/c1-4-27(5-2)24-17-16-22(25(18-24)29-3)19-26-28(23-14-10-7-11-15-23)20-21-12-8-6-9-13-21/h6-19H,4-5,20H2,1-3H3/b26-19+. The molecule has 3 aromatic carbocycles. The van der Waals surface area contributed by atoms with E-state index in [0.29, 0.717) is 6.54 Å². The molecule has 4 nitrogen and oxygen atoms in total. The molecule has 0 spiro atoms. The lowest BCUT2D eigenvalue weighted by atomic mass is 10.1. The molecule has 0 saturated carbocycles. The number of anilines is 2. The maximum absolute atomic E-state index is 5.65. The smallest absolute Gasteiger partial charge is 0.129 e. The number of ether oxygens (including phenoxy) is 1. The maximum Gasteiger partial charge on any atom is 0.129 e. The van der Waals surface area contributed by atoms with E-state index < -0.39 is 0 Å². The topological polar surface area (TPSA) is 28.1 Å². The van der Waals surface area contributed by atoms with Crippen LogP contribution in [0.5, 0.6) is 5.75 Å². The van der Waals surface area contributed by atoms with Gasteiger partial charge in [0.15, 0.2) is 0 Å². The molecule has 0 N–H and O–H groups in total. The number of hydrogen-bond donors (Lipinski definition) is 0. The summed E-state index contributed by atoms with van der Waals surface area (Å²) in [6, 6.07) is 26.9. The summed E-state index contributed by atoms with van der Waals surface area (Å²) in [6.07, 6.45) is 1.88. The number of hydrogen-bond acceptors (Lipinski definition) is 4. The second-order valence-electron chi connectivity index (χ2n) is 6.72. The van der Waals surface area contributed by atoms with E-state index in [0.717, 1.165) is 35.8 Å². The quantitative estimate of drug-likeness (QED) is 0.354. The Balaban J connectivity index is 1.88. The highest BCUT2D eigenvalue weighted by Gasteiger charge is 2.09. The van der Waals surface area contributed by atoms with Gasteiger partial charge in [0.2, 0.25) is 0 Å². The van der Waals surface area contributed by atoms with Gasteiger partial charge in [0, 0.05) is 30.4 Å². The van der Waals surface area contributed by atoms with Crippen LogP contribution in [-0.2, 0) is 6.54 Å². The van der Waals surface area contributed by atoms with E-state index in [2.05, 4.69) is 73.3 Å².